The topological polar surface area (TPSA) is 29.5 Å². The third-order valence-corrected chi connectivity index (χ3v) is 10.1. The molecule has 0 saturated carbocycles. The third-order valence-electron chi connectivity index (χ3n) is 6.87. The minimum absolute atomic E-state index is 0.373. The molecule has 1 N–H and O–H groups in total. The van der Waals surface area contributed by atoms with Gasteiger partial charge in [0.15, 0.2) is 9.04 Å². The zero-order valence-electron chi connectivity index (χ0n) is 22.0. The normalized spacial score (nSPS) is 17.2. The Hall–Kier alpha value is 0.137. The lowest BCUT2D eigenvalue weighted by atomic mass is 10.0. The Bertz CT molecular complexity index is 304. The standard InChI is InChI=1S/C16H34O.C12H26OSi/c1-2-3-4-5-6-7-8-9-10-11-12-13-14-15-16-17;1-3-4-5-6-9-12(2)14-11-8-7-10-13-14/h17H,2-16H2,1H3;12,14H,3-11H2,1-2H3. The lowest BCUT2D eigenvalue weighted by Crippen LogP contribution is -2.27. The monoisotopic (exact) mass is 456 g/mol. The van der Waals surface area contributed by atoms with Crippen LogP contribution in [-0.2, 0) is 4.43 Å². The molecule has 0 spiro atoms. The second-order valence-electron chi connectivity index (χ2n) is 10.1. The fourth-order valence-corrected chi connectivity index (χ4v) is 7.43. The highest BCUT2D eigenvalue weighted by Crippen LogP contribution is 2.26. The summed E-state index contributed by atoms with van der Waals surface area (Å²) in [4.78, 5) is 0. The molecule has 2 unspecified atom stereocenters. The second-order valence-corrected chi connectivity index (χ2v) is 13.2. The lowest BCUT2D eigenvalue weighted by molar-refractivity contribution is 0.278. The number of unbranched alkanes of at least 4 members (excludes halogenated alkanes) is 16. The van der Waals surface area contributed by atoms with Crippen LogP contribution in [0.5, 0.6) is 0 Å². The van der Waals surface area contributed by atoms with Gasteiger partial charge in [-0.25, -0.2) is 0 Å². The van der Waals surface area contributed by atoms with Gasteiger partial charge in [-0.2, -0.15) is 0 Å². The summed E-state index contributed by atoms with van der Waals surface area (Å²) in [7, 11) is -0.772. The van der Waals surface area contributed by atoms with Crippen molar-refractivity contribution >= 4 is 9.04 Å². The molecular formula is C28H60O2Si. The third kappa shape index (κ3) is 23.1. The zero-order valence-corrected chi connectivity index (χ0v) is 23.1. The quantitative estimate of drug-likeness (QED) is 0.146. The molecule has 0 aromatic carbocycles. The van der Waals surface area contributed by atoms with Crippen molar-refractivity contribution in [2.45, 2.75) is 167 Å². The van der Waals surface area contributed by atoms with Crippen LogP contribution in [0.3, 0.4) is 0 Å². The molecule has 2 atom stereocenters. The van der Waals surface area contributed by atoms with E-state index in [4.69, 9.17) is 9.53 Å². The molecule has 3 heteroatoms. The Morgan fingerprint density at radius 3 is 1.52 bits per heavy atom. The minimum atomic E-state index is -0.772. The molecule has 0 aliphatic carbocycles. The van der Waals surface area contributed by atoms with Crippen LogP contribution < -0.4 is 0 Å². The van der Waals surface area contributed by atoms with E-state index in [0.29, 0.717) is 6.61 Å². The van der Waals surface area contributed by atoms with Gasteiger partial charge in [-0.05, 0) is 24.4 Å². The van der Waals surface area contributed by atoms with Crippen LogP contribution in [0.2, 0.25) is 11.6 Å². The van der Waals surface area contributed by atoms with E-state index < -0.39 is 9.04 Å². The molecule has 0 aromatic rings. The van der Waals surface area contributed by atoms with Gasteiger partial charge in [-0.15, -0.1) is 0 Å². The largest absolute Gasteiger partial charge is 0.420 e. The number of hydrogen-bond acceptors (Lipinski definition) is 2. The van der Waals surface area contributed by atoms with Gasteiger partial charge in [0.25, 0.3) is 0 Å². The molecule has 0 aromatic heterocycles. The van der Waals surface area contributed by atoms with E-state index in [-0.39, 0.29) is 0 Å². The Morgan fingerprint density at radius 2 is 1.10 bits per heavy atom. The smallest absolute Gasteiger partial charge is 0.179 e. The second kappa shape index (κ2) is 26.4. The number of aliphatic hydroxyl groups is 1. The van der Waals surface area contributed by atoms with Crippen molar-refractivity contribution in [2.24, 2.45) is 0 Å². The maximum absolute atomic E-state index is 8.64. The van der Waals surface area contributed by atoms with Crippen LogP contribution in [0.15, 0.2) is 0 Å². The molecule has 1 saturated heterocycles. The molecule has 1 heterocycles. The van der Waals surface area contributed by atoms with Crippen molar-refractivity contribution in [3.8, 4) is 0 Å². The first kappa shape index (κ1) is 31.1. The highest BCUT2D eigenvalue weighted by molar-refractivity contribution is 6.53. The van der Waals surface area contributed by atoms with Crippen molar-refractivity contribution < 1.29 is 9.53 Å². The summed E-state index contributed by atoms with van der Waals surface area (Å²) >= 11 is 0. The highest BCUT2D eigenvalue weighted by atomic mass is 28.3. The van der Waals surface area contributed by atoms with E-state index in [1.54, 1.807) is 0 Å². The Kier molecular flexibility index (Phi) is 26.5. The van der Waals surface area contributed by atoms with Gasteiger partial charge in [0.05, 0.1) is 0 Å². The van der Waals surface area contributed by atoms with Crippen LogP contribution in [0.1, 0.15) is 156 Å². The van der Waals surface area contributed by atoms with Crippen molar-refractivity contribution in [2.75, 3.05) is 13.2 Å². The van der Waals surface area contributed by atoms with Crippen LogP contribution in [0.25, 0.3) is 0 Å². The summed E-state index contributed by atoms with van der Waals surface area (Å²) in [6.07, 6.45) is 29.0. The number of rotatable bonds is 20. The summed E-state index contributed by atoms with van der Waals surface area (Å²) in [6.45, 7) is 8.42. The average Bonchev–Trinajstić information content (AvgIpc) is 2.81. The van der Waals surface area contributed by atoms with Crippen LogP contribution in [0, 0.1) is 0 Å². The first-order valence-electron chi connectivity index (χ1n) is 14.5. The van der Waals surface area contributed by atoms with Gasteiger partial charge in [-0.1, -0.05) is 143 Å². The Morgan fingerprint density at radius 1 is 0.645 bits per heavy atom. The molecule has 31 heavy (non-hydrogen) atoms. The van der Waals surface area contributed by atoms with Crippen molar-refractivity contribution in [3.05, 3.63) is 0 Å². The van der Waals surface area contributed by atoms with E-state index in [0.717, 1.165) is 18.6 Å². The Labute approximate surface area is 199 Å². The summed E-state index contributed by atoms with van der Waals surface area (Å²) in [5.74, 6) is 0. The molecule has 1 rings (SSSR count). The summed E-state index contributed by atoms with van der Waals surface area (Å²) < 4.78 is 5.94. The first-order chi connectivity index (χ1) is 15.3. The molecule has 0 bridgehead atoms. The van der Waals surface area contributed by atoms with Gasteiger partial charge in [-0.3, -0.25) is 0 Å². The van der Waals surface area contributed by atoms with Gasteiger partial charge in [0.2, 0.25) is 0 Å². The molecule has 0 amide bonds. The molecule has 188 valence electrons. The van der Waals surface area contributed by atoms with E-state index in [1.165, 1.54) is 134 Å². The highest BCUT2D eigenvalue weighted by Gasteiger charge is 2.22. The van der Waals surface area contributed by atoms with Crippen molar-refractivity contribution in [3.63, 3.8) is 0 Å². The maximum Gasteiger partial charge on any atom is 0.179 e. The summed E-state index contributed by atoms with van der Waals surface area (Å²) in [5.41, 5.74) is 0.923. The lowest BCUT2D eigenvalue weighted by Gasteiger charge is -2.26. The zero-order chi connectivity index (χ0) is 22.8. The fourth-order valence-electron chi connectivity index (χ4n) is 4.60. The SMILES string of the molecule is CCCCCCC(C)[SiH]1CCCCO1.CCCCCCCCCCCCCCCCO. The number of hydrogen-bond donors (Lipinski definition) is 1. The predicted octanol–water partition coefficient (Wildman–Crippen LogP) is 9.34. The summed E-state index contributed by atoms with van der Waals surface area (Å²) in [6, 6.07) is 1.44. The van der Waals surface area contributed by atoms with Gasteiger partial charge in [0, 0.05) is 13.2 Å². The van der Waals surface area contributed by atoms with Crippen molar-refractivity contribution in [1.29, 1.82) is 0 Å². The number of aliphatic hydroxyl groups excluding tert-OH is 1. The average molecular weight is 457 g/mol. The molecule has 0 radical (unpaired) electrons. The summed E-state index contributed by atoms with van der Waals surface area (Å²) in [5, 5.41) is 8.64. The van der Waals surface area contributed by atoms with Crippen LogP contribution in [0.4, 0.5) is 0 Å². The van der Waals surface area contributed by atoms with Crippen molar-refractivity contribution in [1.82, 2.24) is 0 Å². The van der Waals surface area contributed by atoms with E-state index >= 15 is 0 Å². The first-order valence-corrected chi connectivity index (χ1v) is 16.4. The predicted molar refractivity (Wildman–Crippen MR) is 143 cm³/mol. The van der Waals surface area contributed by atoms with E-state index in [2.05, 4.69) is 20.8 Å². The molecule has 1 aliphatic rings. The van der Waals surface area contributed by atoms with Gasteiger partial charge in [0.1, 0.15) is 0 Å². The van der Waals surface area contributed by atoms with Gasteiger partial charge >= 0.3 is 0 Å². The molecule has 1 aliphatic heterocycles. The molecule has 1 fully saturated rings. The van der Waals surface area contributed by atoms with Crippen LogP contribution >= 0.6 is 0 Å². The van der Waals surface area contributed by atoms with Gasteiger partial charge < -0.3 is 9.53 Å². The van der Waals surface area contributed by atoms with Crippen LogP contribution in [-0.4, -0.2) is 27.4 Å². The Balaban J connectivity index is 0.000000590. The maximum atomic E-state index is 8.64. The molecular weight excluding hydrogens is 396 g/mol. The molecule has 2 nitrogen and oxygen atoms in total. The van der Waals surface area contributed by atoms with E-state index in [1.807, 2.05) is 0 Å². The van der Waals surface area contributed by atoms with E-state index in [9.17, 15) is 0 Å². The minimum Gasteiger partial charge on any atom is -0.420 e. The fraction of sp³-hybridized carbons (Fsp3) is 1.00.